The van der Waals surface area contributed by atoms with Gasteiger partial charge < -0.3 is 5.11 Å². The van der Waals surface area contributed by atoms with E-state index >= 15 is 0 Å². The van der Waals surface area contributed by atoms with Crippen LogP contribution in [-0.2, 0) is 18.3 Å². The topological polar surface area (TPSA) is 68.0 Å². The fraction of sp³-hybridized carbons (Fsp3) is 0.235. The Morgan fingerprint density at radius 1 is 1.20 bits per heavy atom. The molecule has 2 heterocycles. The van der Waals surface area contributed by atoms with E-state index in [1.165, 1.54) is 48.4 Å². The average Bonchev–Trinajstić information content (AvgIpc) is 2.57. The van der Waals surface area contributed by atoms with E-state index in [4.69, 9.17) is 0 Å². The van der Waals surface area contributed by atoms with Crippen molar-refractivity contribution in [1.29, 1.82) is 0 Å². The van der Waals surface area contributed by atoms with Crippen LogP contribution in [0.5, 0.6) is 0 Å². The standard InChI is InChI=1S/C17H14F3N3O2/c1-16(25,11-3-2-4-12(7-11)17(18,19)20)9-23-10-22-14-8-21-6-5-13(14)15(23)24/h2-8,10,25H,9H2,1H3/t16-/m0/s1. The van der Waals surface area contributed by atoms with Gasteiger partial charge in [-0.3, -0.25) is 14.3 Å². The summed E-state index contributed by atoms with van der Waals surface area (Å²) < 4.78 is 39.8. The number of halogens is 3. The van der Waals surface area contributed by atoms with E-state index in [1.54, 1.807) is 0 Å². The molecule has 5 nitrogen and oxygen atoms in total. The molecule has 0 saturated heterocycles. The van der Waals surface area contributed by atoms with Crippen molar-refractivity contribution in [3.05, 3.63) is 70.5 Å². The van der Waals surface area contributed by atoms with Gasteiger partial charge in [0.1, 0.15) is 5.60 Å². The third kappa shape index (κ3) is 3.39. The first kappa shape index (κ1) is 17.1. The second-order valence-electron chi connectivity index (χ2n) is 5.92. The predicted octanol–water partition coefficient (Wildman–Crippen LogP) is 2.72. The monoisotopic (exact) mass is 349 g/mol. The van der Waals surface area contributed by atoms with Crippen LogP contribution in [0.2, 0.25) is 0 Å². The van der Waals surface area contributed by atoms with Gasteiger partial charge in [-0.1, -0.05) is 12.1 Å². The van der Waals surface area contributed by atoms with Crippen LogP contribution >= 0.6 is 0 Å². The Bertz CT molecular complexity index is 981. The van der Waals surface area contributed by atoms with Crippen LogP contribution in [0.4, 0.5) is 13.2 Å². The van der Waals surface area contributed by atoms with Gasteiger partial charge in [0.05, 0.1) is 35.5 Å². The van der Waals surface area contributed by atoms with E-state index in [0.717, 1.165) is 12.1 Å². The molecular weight excluding hydrogens is 335 g/mol. The number of aromatic nitrogens is 3. The van der Waals surface area contributed by atoms with Crippen molar-refractivity contribution in [2.24, 2.45) is 0 Å². The molecule has 25 heavy (non-hydrogen) atoms. The molecule has 0 aliphatic carbocycles. The third-order valence-corrected chi connectivity index (χ3v) is 3.92. The van der Waals surface area contributed by atoms with Gasteiger partial charge in [-0.2, -0.15) is 13.2 Å². The number of alkyl halides is 3. The summed E-state index contributed by atoms with van der Waals surface area (Å²) in [5, 5.41) is 11.0. The van der Waals surface area contributed by atoms with E-state index in [0.29, 0.717) is 10.9 Å². The van der Waals surface area contributed by atoms with Gasteiger partial charge >= 0.3 is 6.18 Å². The van der Waals surface area contributed by atoms with Crippen molar-refractivity contribution in [3.8, 4) is 0 Å². The molecule has 0 unspecified atom stereocenters. The number of hydrogen-bond acceptors (Lipinski definition) is 4. The molecule has 3 rings (SSSR count). The largest absolute Gasteiger partial charge is 0.416 e. The van der Waals surface area contributed by atoms with Crippen LogP contribution in [-0.4, -0.2) is 19.6 Å². The summed E-state index contributed by atoms with van der Waals surface area (Å²) in [5.74, 6) is 0. The van der Waals surface area contributed by atoms with Crippen LogP contribution in [0.1, 0.15) is 18.1 Å². The molecule has 0 saturated carbocycles. The maximum Gasteiger partial charge on any atom is 0.416 e. The van der Waals surface area contributed by atoms with Gasteiger partial charge in [0.2, 0.25) is 0 Å². The molecule has 1 atom stereocenters. The van der Waals surface area contributed by atoms with Gasteiger partial charge in [-0.05, 0) is 30.7 Å². The lowest BCUT2D eigenvalue weighted by atomic mass is 9.94. The average molecular weight is 349 g/mol. The molecule has 0 radical (unpaired) electrons. The highest BCUT2D eigenvalue weighted by atomic mass is 19.4. The van der Waals surface area contributed by atoms with Gasteiger partial charge in [-0.15, -0.1) is 0 Å². The number of rotatable bonds is 3. The van der Waals surface area contributed by atoms with Crippen LogP contribution in [0, 0.1) is 0 Å². The second-order valence-corrected chi connectivity index (χ2v) is 5.92. The van der Waals surface area contributed by atoms with E-state index < -0.39 is 22.9 Å². The van der Waals surface area contributed by atoms with E-state index in [-0.39, 0.29) is 12.1 Å². The molecule has 0 bridgehead atoms. The summed E-state index contributed by atoms with van der Waals surface area (Å²) in [7, 11) is 0. The van der Waals surface area contributed by atoms with Gasteiger partial charge in [0, 0.05) is 6.20 Å². The van der Waals surface area contributed by atoms with E-state index in [1.807, 2.05) is 0 Å². The zero-order valence-corrected chi connectivity index (χ0v) is 13.2. The normalized spacial score (nSPS) is 14.4. The maximum atomic E-state index is 12.9. The van der Waals surface area contributed by atoms with E-state index in [9.17, 15) is 23.1 Å². The number of benzene rings is 1. The van der Waals surface area contributed by atoms with Crippen molar-refractivity contribution < 1.29 is 18.3 Å². The number of pyridine rings is 1. The zero-order chi connectivity index (χ0) is 18.2. The van der Waals surface area contributed by atoms with Crippen molar-refractivity contribution in [1.82, 2.24) is 14.5 Å². The first-order chi connectivity index (χ1) is 11.7. The van der Waals surface area contributed by atoms with Crippen molar-refractivity contribution in [2.45, 2.75) is 25.2 Å². The van der Waals surface area contributed by atoms with Crippen LogP contribution in [0.15, 0.2) is 53.8 Å². The molecule has 1 N–H and O–H groups in total. The minimum absolute atomic E-state index is 0.0593. The molecule has 0 amide bonds. The summed E-state index contributed by atoms with van der Waals surface area (Å²) in [6, 6.07) is 5.91. The molecule has 2 aromatic heterocycles. The first-order valence-electron chi connectivity index (χ1n) is 7.38. The second kappa shape index (κ2) is 5.96. The highest BCUT2D eigenvalue weighted by Crippen LogP contribution is 2.32. The fourth-order valence-electron chi connectivity index (χ4n) is 2.58. The quantitative estimate of drug-likeness (QED) is 0.789. The number of fused-ring (bicyclic) bond motifs is 1. The fourth-order valence-corrected chi connectivity index (χ4v) is 2.58. The first-order valence-corrected chi connectivity index (χ1v) is 7.38. The van der Waals surface area contributed by atoms with Gasteiger partial charge in [0.25, 0.3) is 5.56 Å². The van der Waals surface area contributed by atoms with Crippen LogP contribution in [0.3, 0.4) is 0 Å². The smallest absolute Gasteiger partial charge is 0.384 e. The highest BCUT2D eigenvalue weighted by molar-refractivity contribution is 5.75. The summed E-state index contributed by atoms with van der Waals surface area (Å²) in [6.07, 6.45) is -0.387. The van der Waals surface area contributed by atoms with Gasteiger partial charge in [-0.25, -0.2) is 4.98 Å². The SMILES string of the molecule is C[C@](O)(Cn1cnc2cnccc2c1=O)c1cccc(C(F)(F)F)c1. The number of hydrogen-bond donors (Lipinski definition) is 1. The van der Waals surface area contributed by atoms with Gasteiger partial charge in [0.15, 0.2) is 0 Å². The third-order valence-electron chi connectivity index (χ3n) is 3.92. The molecule has 8 heteroatoms. The number of aliphatic hydroxyl groups is 1. The molecular formula is C17H14F3N3O2. The predicted molar refractivity (Wildman–Crippen MR) is 84.8 cm³/mol. The molecule has 0 aliphatic rings. The molecule has 3 aromatic rings. The van der Waals surface area contributed by atoms with Crippen LogP contribution < -0.4 is 5.56 Å². The highest BCUT2D eigenvalue weighted by Gasteiger charge is 2.33. The summed E-state index contributed by atoms with van der Waals surface area (Å²) >= 11 is 0. The number of nitrogens with zero attached hydrogens (tertiary/aromatic N) is 3. The molecule has 0 spiro atoms. The molecule has 130 valence electrons. The van der Waals surface area contributed by atoms with Crippen molar-refractivity contribution in [2.75, 3.05) is 0 Å². The Balaban J connectivity index is 2.00. The molecule has 0 fully saturated rings. The summed E-state index contributed by atoms with van der Waals surface area (Å²) in [6.45, 7) is 1.12. The van der Waals surface area contributed by atoms with Crippen molar-refractivity contribution in [3.63, 3.8) is 0 Å². The van der Waals surface area contributed by atoms with Crippen LogP contribution in [0.25, 0.3) is 10.9 Å². The minimum atomic E-state index is -4.51. The Morgan fingerprint density at radius 2 is 1.92 bits per heavy atom. The molecule has 0 aliphatic heterocycles. The Hall–Kier alpha value is -2.74. The summed E-state index contributed by atoms with van der Waals surface area (Å²) in [4.78, 5) is 20.4. The minimum Gasteiger partial charge on any atom is -0.384 e. The summed E-state index contributed by atoms with van der Waals surface area (Å²) in [5.41, 5.74) is -2.49. The lowest BCUT2D eigenvalue weighted by molar-refractivity contribution is -0.137. The lowest BCUT2D eigenvalue weighted by Gasteiger charge is -2.25. The lowest BCUT2D eigenvalue weighted by Crippen LogP contribution is -2.33. The Labute approximate surface area is 140 Å². The Morgan fingerprint density at radius 3 is 2.64 bits per heavy atom. The Kier molecular flexibility index (Phi) is 4.08. The van der Waals surface area contributed by atoms with Crippen molar-refractivity contribution >= 4 is 10.9 Å². The zero-order valence-electron chi connectivity index (χ0n) is 13.2. The molecule has 1 aromatic carbocycles. The maximum absolute atomic E-state index is 12.9. The van der Waals surface area contributed by atoms with E-state index in [2.05, 4.69) is 9.97 Å².